The molecule has 0 atom stereocenters. The van der Waals surface area contributed by atoms with E-state index in [-0.39, 0.29) is 12.5 Å². The molecule has 0 spiro atoms. The summed E-state index contributed by atoms with van der Waals surface area (Å²) >= 11 is 19.1. The largest absolute Gasteiger partial charge is 0.484 e. The number of nitrogens with zero attached hydrogens (tertiary/aromatic N) is 1. The van der Waals surface area contributed by atoms with Gasteiger partial charge in [0.15, 0.2) is 11.7 Å². The molecule has 0 radical (unpaired) electrons. The van der Waals surface area contributed by atoms with Crippen molar-refractivity contribution >= 4 is 57.2 Å². The van der Waals surface area contributed by atoms with Gasteiger partial charge in [0, 0.05) is 22.5 Å². The van der Waals surface area contributed by atoms with Crippen LogP contribution in [0, 0.1) is 0 Å². The molecule has 1 N–H and O–H groups in total. The predicted molar refractivity (Wildman–Crippen MR) is 107 cm³/mol. The van der Waals surface area contributed by atoms with E-state index in [4.69, 9.17) is 39.5 Å². The van der Waals surface area contributed by atoms with E-state index in [9.17, 15) is 4.79 Å². The Kier molecular flexibility index (Phi) is 6.38. The fourth-order valence-corrected chi connectivity index (χ4v) is 3.44. The molecule has 0 aliphatic heterocycles. The van der Waals surface area contributed by atoms with E-state index >= 15 is 0 Å². The number of thiazole rings is 1. The standard InChI is InChI=1S/C18H13Cl3N2O2S/c19-12-2-4-13(5-3-12)25-10-17(24)23-18-22-9-14(26-18)7-11-1-6-15(20)16(21)8-11/h1-6,8-9H,7,10H2,(H,22,23,24). The van der Waals surface area contributed by atoms with Gasteiger partial charge in [0.1, 0.15) is 5.75 Å². The van der Waals surface area contributed by atoms with Crippen molar-refractivity contribution in [3.8, 4) is 5.75 Å². The van der Waals surface area contributed by atoms with Crippen LogP contribution in [0.25, 0.3) is 0 Å². The summed E-state index contributed by atoms with van der Waals surface area (Å²) in [6.07, 6.45) is 2.38. The Hall–Kier alpha value is -1.79. The van der Waals surface area contributed by atoms with Gasteiger partial charge in [0.2, 0.25) is 0 Å². The number of ether oxygens (including phenoxy) is 1. The van der Waals surface area contributed by atoms with E-state index in [1.165, 1.54) is 11.3 Å². The smallest absolute Gasteiger partial charge is 0.264 e. The molecule has 0 bridgehead atoms. The summed E-state index contributed by atoms with van der Waals surface area (Å²) in [7, 11) is 0. The van der Waals surface area contributed by atoms with Crippen molar-refractivity contribution in [3.05, 3.63) is 74.2 Å². The summed E-state index contributed by atoms with van der Waals surface area (Å²) in [6, 6.07) is 12.3. The minimum atomic E-state index is -0.282. The minimum absolute atomic E-state index is 0.108. The molecule has 3 rings (SSSR count). The second kappa shape index (κ2) is 8.73. The first-order valence-corrected chi connectivity index (χ1v) is 9.51. The maximum absolute atomic E-state index is 12.0. The summed E-state index contributed by atoms with van der Waals surface area (Å²) in [5.41, 5.74) is 1.02. The van der Waals surface area contributed by atoms with Crippen LogP contribution in [0.4, 0.5) is 5.13 Å². The summed E-state index contributed by atoms with van der Waals surface area (Å²) in [6.45, 7) is -0.108. The van der Waals surface area contributed by atoms with Crippen molar-refractivity contribution < 1.29 is 9.53 Å². The van der Waals surface area contributed by atoms with Gasteiger partial charge >= 0.3 is 0 Å². The lowest BCUT2D eigenvalue weighted by atomic mass is 10.1. The molecule has 0 aliphatic carbocycles. The van der Waals surface area contributed by atoms with E-state index in [1.54, 1.807) is 36.5 Å². The highest BCUT2D eigenvalue weighted by Crippen LogP contribution is 2.26. The highest BCUT2D eigenvalue weighted by molar-refractivity contribution is 7.15. The second-order valence-corrected chi connectivity index (χ2v) is 7.71. The van der Waals surface area contributed by atoms with Crippen LogP contribution in [0.3, 0.4) is 0 Å². The van der Waals surface area contributed by atoms with E-state index < -0.39 is 0 Å². The Balaban J connectivity index is 1.53. The van der Waals surface area contributed by atoms with Crippen LogP contribution in [-0.2, 0) is 11.2 Å². The van der Waals surface area contributed by atoms with Crippen LogP contribution in [-0.4, -0.2) is 17.5 Å². The summed E-state index contributed by atoms with van der Waals surface area (Å²) in [5.74, 6) is 0.291. The quantitative estimate of drug-likeness (QED) is 0.548. The van der Waals surface area contributed by atoms with Gasteiger partial charge in [-0.2, -0.15) is 0 Å². The Morgan fingerprint density at radius 3 is 2.58 bits per heavy atom. The van der Waals surface area contributed by atoms with Crippen molar-refractivity contribution in [2.75, 3.05) is 11.9 Å². The molecule has 0 aliphatic rings. The molecule has 1 aromatic heterocycles. The number of carbonyl (C=O) groups is 1. The monoisotopic (exact) mass is 426 g/mol. The zero-order valence-corrected chi connectivity index (χ0v) is 16.4. The summed E-state index contributed by atoms with van der Waals surface area (Å²) < 4.78 is 5.40. The molecule has 2 aromatic carbocycles. The van der Waals surface area contributed by atoms with Gasteiger partial charge in [0.25, 0.3) is 5.91 Å². The highest BCUT2D eigenvalue weighted by atomic mass is 35.5. The van der Waals surface area contributed by atoms with Gasteiger partial charge in [-0.25, -0.2) is 4.98 Å². The molecule has 134 valence electrons. The summed E-state index contributed by atoms with van der Waals surface area (Å²) in [4.78, 5) is 17.2. The van der Waals surface area contributed by atoms with Gasteiger partial charge in [-0.1, -0.05) is 40.9 Å². The third kappa shape index (κ3) is 5.35. The Labute approximate surface area is 169 Å². The minimum Gasteiger partial charge on any atom is -0.484 e. The third-order valence-electron chi connectivity index (χ3n) is 3.35. The lowest BCUT2D eigenvalue weighted by Crippen LogP contribution is -2.19. The van der Waals surface area contributed by atoms with Crippen LogP contribution in [0.5, 0.6) is 5.75 Å². The second-order valence-electron chi connectivity index (χ2n) is 5.35. The number of anilines is 1. The van der Waals surface area contributed by atoms with Crippen LogP contribution < -0.4 is 10.1 Å². The van der Waals surface area contributed by atoms with Gasteiger partial charge in [-0.15, -0.1) is 11.3 Å². The van der Waals surface area contributed by atoms with E-state index in [1.807, 2.05) is 12.1 Å². The summed E-state index contributed by atoms with van der Waals surface area (Å²) in [5, 5.41) is 4.89. The van der Waals surface area contributed by atoms with Crippen molar-refractivity contribution in [3.63, 3.8) is 0 Å². The van der Waals surface area contributed by atoms with Crippen molar-refractivity contribution in [1.82, 2.24) is 4.98 Å². The Morgan fingerprint density at radius 1 is 1.08 bits per heavy atom. The highest BCUT2D eigenvalue weighted by Gasteiger charge is 2.09. The number of hydrogen-bond acceptors (Lipinski definition) is 4. The Morgan fingerprint density at radius 2 is 1.85 bits per heavy atom. The maximum Gasteiger partial charge on any atom is 0.264 e. The average Bonchev–Trinajstić information content (AvgIpc) is 3.04. The van der Waals surface area contributed by atoms with Crippen LogP contribution in [0.1, 0.15) is 10.4 Å². The zero-order chi connectivity index (χ0) is 18.5. The number of nitrogens with one attached hydrogen (secondary N) is 1. The van der Waals surface area contributed by atoms with Gasteiger partial charge in [-0.3, -0.25) is 10.1 Å². The number of halogens is 3. The first-order valence-electron chi connectivity index (χ1n) is 7.56. The molecule has 0 unspecified atom stereocenters. The predicted octanol–water partition coefficient (Wildman–Crippen LogP) is 5.71. The SMILES string of the molecule is O=C(COc1ccc(Cl)cc1)Nc1ncc(Cc2ccc(Cl)c(Cl)c2)s1. The van der Waals surface area contributed by atoms with Crippen molar-refractivity contribution in [1.29, 1.82) is 0 Å². The number of aromatic nitrogens is 1. The fourth-order valence-electron chi connectivity index (χ4n) is 2.13. The number of amides is 1. The zero-order valence-electron chi connectivity index (χ0n) is 13.3. The molecular weight excluding hydrogens is 415 g/mol. The number of rotatable bonds is 6. The molecule has 1 amide bonds. The topological polar surface area (TPSA) is 51.2 Å². The van der Waals surface area contributed by atoms with Crippen LogP contribution in [0.2, 0.25) is 15.1 Å². The first kappa shape index (κ1) is 19.0. The average molecular weight is 428 g/mol. The Bertz CT molecular complexity index is 913. The normalized spacial score (nSPS) is 10.6. The molecule has 26 heavy (non-hydrogen) atoms. The first-order chi connectivity index (χ1) is 12.5. The fraction of sp³-hybridized carbons (Fsp3) is 0.111. The van der Waals surface area contributed by atoms with Gasteiger partial charge < -0.3 is 4.74 Å². The molecular formula is C18H13Cl3N2O2S. The lowest BCUT2D eigenvalue weighted by molar-refractivity contribution is -0.118. The van der Waals surface area contributed by atoms with E-state index in [0.717, 1.165) is 10.4 Å². The molecule has 0 fully saturated rings. The molecule has 4 nitrogen and oxygen atoms in total. The van der Waals surface area contributed by atoms with E-state index in [0.29, 0.717) is 32.4 Å². The maximum atomic E-state index is 12.0. The molecule has 8 heteroatoms. The molecule has 1 heterocycles. The lowest BCUT2D eigenvalue weighted by Gasteiger charge is -2.05. The van der Waals surface area contributed by atoms with Crippen LogP contribution in [0.15, 0.2) is 48.7 Å². The molecule has 3 aromatic rings. The van der Waals surface area contributed by atoms with Crippen molar-refractivity contribution in [2.24, 2.45) is 0 Å². The number of carbonyl (C=O) groups excluding carboxylic acids is 1. The number of hydrogen-bond donors (Lipinski definition) is 1. The van der Waals surface area contributed by atoms with Crippen LogP contribution >= 0.6 is 46.1 Å². The third-order valence-corrected chi connectivity index (χ3v) is 5.25. The molecule has 0 saturated heterocycles. The van der Waals surface area contributed by atoms with Crippen molar-refractivity contribution in [2.45, 2.75) is 6.42 Å². The van der Waals surface area contributed by atoms with E-state index in [2.05, 4.69) is 10.3 Å². The molecule has 0 saturated carbocycles. The number of benzene rings is 2. The van der Waals surface area contributed by atoms with Gasteiger partial charge in [-0.05, 0) is 42.0 Å². The van der Waals surface area contributed by atoms with Gasteiger partial charge in [0.05, 0.1) is 10.0 Å².